The third-order valence-electron chi connectivity index (χ3n) is 11.4. The summed E-state index contributed by atoms with van der Waals surface area (Å²) in [5, 5.41) is 22.9. The number of carbonyl (C=O) groups excluding carboxylic acids is 5. The van der Waals surface area contributed by atoms with Crippen molar-refractivity contribution in [3.05, 3.63) is 82.6 Å². The highest BCUT2D eigenvalue weighted by molar-refractivity contribution is 6.30. The molecule has 9 N–H and O–H groups in total. The summed E-state index contributed by atoms with van der Waals surface area (Å²) in [5.41, 5.74) is 12.8. The standard InChI is InChI=1S/C41H54ClN11O5/c42-31-10-8-27(9-11-31)19-35(54)49-34(18-26-5-2-1-3-6-26)38(57)50-33(7-4-12-46-40(43)44)37(56)48-24-36(55)47-23-32-25-53(52-51-32)14-13-45-39(58)41-20-28-15-29(21-41)17-30(16-28)22-41/h1-3,5-6,8-11,25,28-30,33-34H,4,7,12-24H2,(H,45,58)(H,47,55)(H,48,56)(H,49,54)(H,50,57)(H4,43,44,46)/t28?,29?,30?,33-,34-,41?/m1/s1. The van der Waals surface area contributed by atoms with Gasteiger partial charge in [0.1, 0.15) is 17.8 Å². The third kappa shape index (κ3) is 12.0. The third-order valence-corrected chi connectivity index (χ3v) is 11.7. The van der Waals surface area contributed by atoms with E-state index in [2.05, 4.69) is 41.9 Å². The monoisotopic (exact) mass is 815 g/mol. The molecule has 16 nitrogen and oxygen atoms in total. The summed E-state index contributed by atoms with van der Waals surface area (Å²) in [4.78, 5) is 70.3. The van der Waals surface area contributed by atoms with Crippen LogP contribution in [0.25, 0.3) is 0 Å². The lowest BCUT2D eigenvalue weighted by atomic mass is 9.49. The van der Waals surface area contributed by atoms with Gasteiger partial charge in [-0.25, -0.2) is 0 Å². The van der Waals surface area contributed by atoms with Crippen LogP contribution >= 0.6 is 11.6 Å². The number of hydrogen-bond acceptors (Lipinski definition) is 8. The Morgan fingerprint density at radius 3 is 2.19 bits per heavy atom. The zero-order valence-corrected chi connectivity index (χ0v) is 33.4. The molecule has 17 heteroatoms. The minimum atomic E-state index is -1.07. The fourth-order valence-corrected chi connectivity index (χ4v) is 9.19. The van der Waals surface area contributed by atoms with E-state index in [0.717, 1.165) is 24.8 Å². The molecule has 4 bridgehead atoms. The van der Waals surface area contributed by atoms with E-state index in [4.69, 9.17) is 23.1 Å². The van der Waals surface area contributed by atoms with Gasteiger partial charge in [0, 0.05) is 29.9 Å². The van der Waals surface area contributed by atoms with E-state index < -0.39 is 29.8 Å². The van der Waals surface area contributed by atoms with Crippen molar-refractivity contribution >= 4 is 47.1 Å². The smallest absolute Gasteiger partial charge is 0.243 e. The zero-order chi connectivity index (χ0) is 41.1. The van der Waals surface area contributed by atoms with E-state index in [1.807, 2.05) is 30.3 Å². The van der Waals surface area contributed by atoms with Gasteiger partial charge in [-0.3, -0.25) is 33.6 Å². The first-order valence-electron chi connectivity index (χ1n) is 20.1. The van der Waals surface area contributed by atoms with Crippen LogP contribution in [0.1, 0.15) is 68.2 Å². The van der Waals surface area contributed by atoms with Gasteiger partial charge in [0.15, 0.2) is 5.96 Å². The topological polar surface area (TPSA) is 241 Å². The van der Waals surface area contributed by atoms with Gasteiger partial charge >= 0.3 is 0 Å². The van der Waals surface area contributed by atoms with Crippen LogP contribution in [-0.4, -0.2) is 82.2 Å². The molecular formula is C41H54ClN11O5. The van der Waals surface area contributed by atoms with Crippen molar-refractivity contribution in [2.45, 2.75) is 89.4 Å². The van der Waals surface area contributed by atoms with Crippen LogP contribution < -0.4 is 38.1 Å². The van der Waals surface area contributed by atoms with E-state index in [9.17, 15) is 24.0 Å². The van der Waals surface area contributed by atoms with Crippen LogP contribution in [0, 0.1) is 23.2 Å². The second-order valence-corrected chi connectivity index (χ2v) is 16.5. The summed E-state index contributed by atoms with van der Waals surface area (Å²) < 4.78 is 1.63. The molecule has 4 fully saturated rings. The summed E-state index contributed by atoms with van der Waals surface area (Å²) in [6, 6.07) is 13.9. The Bertz CT molecular complexity index is 1900. The van der Waals surface area contributed by atoms with E-state index >= 15 is 0 Å². The van der Waals surface area contributed by atoms with Crippen LogP contribution in [0.3, 0.4) is 0 Å². The van der Waals surface area contributed by atoms with Gasteiger partial charge in [-0.1, -0.05) is 59.3 Å². The lowest BCUT2D eigenvalue weighted by Crippen LogP contribution is -2.55. The Kier molecular flexibility index (Phi) is 14.3. The van der Waals surface area contributed by atoms with Crippen LogP contribution in [0.2, 0.25) is 5.02 Å². The molecule has 7 rings (SSSR count). The predicted octanol–water partition coefficient (Wildman–Crippen LogP) is 1.51. The molecule has 0 radical (unpaired) electrons. The van der Waals surface area contributed by atoms with Gasteiger partial charge in [0.05, 0.1) is 32.3 Å². The molecule has 4 saturated carbocycles. The second-order valence-electron chi connectivity index (χ2n) is 16.0. The molecular weight excluding hydrogens is 762 g/mol. The number of nitrogens with zero attached hydrogens (tertiary/aromatic N) is 4. The van der Waals surface area contributed by atoms with Gasteiger partial charge in [-0.2, -0.15) is 0 Å². The average Bonchev–Trinajstić information content (AvgIpc) is 3.65. The number of nitrogens with two attached hydrogens (primary N) is 2. The number of halogens is 1. The molecule has 310 valence electrons. The first-order valence-corrected chi connectivity index (χ1v) is 20.5. The molecule has 1 aromatic heterocycles. The van der Waals surface area contributed by atoms with Crippen molar-refractivity contribution in [2.24, 2.45) is 39.6 Å². The van der Waals surface area contributed by atoms with Gasteiger partial charge < -0.3 is 38.1 Å². The number of hydrogen-bond donors (Lipinski definition) is 7. The Hall–Kier alpha value is -5.51. The first-order chi connectivity index (χ1) is 27.9. The van der Waals surface area contributed by atoms with E-state index in [0.29, 0.717) is 53.5 Å². The number of aromatic nitrogens is 3. The number of benzene rings is 2. The molecule has 58 heavy (non-hydrogen) atoms. The molecule has 0 saturated heterocycles. The van der Waals surface area contributed by atoms with Crippen LogP contribution in [0.15, 0.2) is 65.8 Å². The highest BCUT2D eigenvalue weighted by Gasteiger charge is 2.54. The van der Waals surface area contributed by atoms with Gasteiger partial charge in [0.25, 0.3) is 0 Å². The van der Waals surface area contributed by atoms with Crippen LogP contribution in [-0.2, 0) is 49.9 Å². The Balaban J connectivity index is 0.978. The van der Waals surface area contributed by atoms with Crippen LogP contribution in [0.5, 0.6) is 0 Å². The fourth-order valence-electron chi connectivity index (χ4n) is 9.07. The highest BCUT2D eigenvalue weighted by atomic mass is 35.5. The van der Waals surface area contributed by atoms with Gasteiger partial charge in [-0.15, -0.1) is 5.10 Å². The Morgan fingerprint density at radius 1 is 0.828 bits per heavy atom. The number of carbonyl (C=O) groups is 5. The van der Waals surface area contributed by atoms with Crippen molar-refractivity contribution in [3.8, 4) is 0 Å². The quantitative estimate of drug-likeness (QED) is 0.0496. The number of amides is 5. The van der Waals surface area contributed by atoms with Crippen molar-refractivity contribution in [1.29, 1.82) is 0 Å². The summed E-state index contributed by atoms with van der Waals surface area (Å²) in [5.74, 6) is 0.106. The molecule has 1 heterocycles. The summed E-state index contributed by atoms with van der Waals surface area (Å²) >= 11 is 5.99. The maximum atomic E-state index is 13.8. The van der Waals surface area contributed by atoms with Crippen molar-refractivity contribution in [1.82, 2.24) is 41.6 Å². The molecule has 2 aromatic carbocycles. The minimum absolute atomic E-state index is 0.0172. The number of aliphatic imine (C=N–C) groups is 1. The van der Waals surface area contributed by atoms with Gasteiger partial charge in [-0.05, 0) is 92.4 Å². The zero-order valence-electron chi connectivity index (χ0n) is 32.6. The molecule has 3 aromatic rings. The molecule has 0 spiro atoms. The Morgan fingerprint density at radius 2 is 1.52 bits per heavy atom. The summed E-state index contributed by atoms with van der Waals surface area (Å²) in [6.07, 6.45) is 9.26. The number of rotatable bonds is 20. The van der Waals surface area contributed by atoms with Gasteiger partial charge in [0.2, 0.25) is 29.5 Å². The highest BCUT2D eigenvalue weighted by Crippen LogP contribution is 2.60. The molecule has 5 amide bonds. The average molecular weight is 816 g/mol. The number of nitrogens with one attached hydrogen (secondary N) is 5. The molecule has 0 aliphatic heterocycles. The summed E-state index contributed by atoms with van der Waals surface area (Å²) in [7, 11) is 0. The first kappa shape index (κ1) is 42.1. The minimum Gasteiger partial charge on any atom is -0.370 e. The van der Waals surface area contributed by atoms with Crippen molar-refractivity contribution in [2.75, 3.05) is 19.6 Å². The van der Waals surface area contributed by atoms with E-state index in [1.165, 1.54) is 19.3 Å². The largest absolute Gasteiger partial charge is 0.370 e. The SMILES string of the molecule is NC(N)=NCCC[C@@H](NC(=O)[C@@H](Cc1ccccc1)NC(=O)Cc1ccc(Cl)cc1)C(=O)NCC(=O)NCc1cn(CCNC(=O)C23CC4CC(CC(C4)C2)C3)nn1. The van der Waals surface area contributed by atoms with Crippen molar-refractivity contribution in [3.63, 3.8) is 0 Å². The maximum absolute atomic E-state index is 13.8. The lowest BCUT2D eigenvalue weighted by Gasteiger charge is -2.55. The normalized spacial score (nSPS) is 21.3. The maximum Gasteiger partial charge on any atom is 0.243 e. The van der Waals surface area contributed by atoms with E-state index in [1.54, 1.807) is 35.1 Å². The second kappa shape index (κ2) is 19.8. The van der Waals surface area contributed by atoms with Crippen molar-refractivity contribution < 1.29 is 24.0 Å². The Labute approximate surface area is 343 Å². The van der Waals surface area contributed by atoms with E-state index in [-0.39, 0.29) is 62.1 Å². The molecule has 4 aliphatic rings. The molecule has 0 unspecified atom stereocenters. The molecule has 4 aliphatic carbocycles. The van der Waals surface area contributed by atoms with Crippen LogP contribution in [0.4, 0.5) is 0 Å². The number of guanidine groups is 1. The molecule has 2 atom stereocenters. The fraction of sp³-hybridized carbons (Fsp3) is 0.512. The predicted molar refractivity (Wildman–Crippen MR) is 218 cm³/mol. The summed E-state index contributed by atoms with van der Waals surface area (Å²) in [6.45, 7) is 0.805. The lowest BCUT2D eigenvalue weighted by molar-refractivity contribution is -0.146.